The zero-order chi connectivity index (χ0) is 11.7. The van der Waals surface area contributed by atoms with Crippen LogP contribution in [-0.4, -0.2) is 23.2 Å². The molecule has 0 saturated carbocycles. The Morgan fingerprint density at radius 3 is 3.06 bits per heavy atom. The largest absolute Gasteiger partial charge is 0.388 e. The fraction of sp³-hybridized carbons (Fsp3) is 0.429. The number of benzene rings is 1. The molecule has 1 saturated heterocycles. The molecule has 2 heterocycles. The zero-order valence-electron chi connectivity index (χ0n) is 9.82. The quantitative estimate of drug-likeness (QED) is 0.740. The fourth-order valence-corrected chi connectivity index (χ4v) is 2.77. The van der Waals surface area contributed by atoms with E-state index in [1.807, 2.05) is 30.5 Å². The van der Waals surface area contributed by atoms with Crippen LogP contribution >= 0.6 is 0 Å². The van der Waals surface area contributed by atoms with E-state index in [9.17, 15) is 5.11 Å². The molecule has 1 aliphatic rings. The highest BCUT2D eigenvalue weighted by Gasteiger charge is 2.24. The average Bonchev–Trinajstić information content (AvgIpc) is 2.87. The Labute approximate surface area is 101 Å². The number of nitrogens with one attached hydrogen (secondary N) is 2. The molecule has 90 valence electrons. The first kappa shape index (κ1) is 10.8. The van der Waals surface area contributed by atoms with Crippen molar-refractivity contribution in [1.29, 1.82) is 0 Å². The van der Waals surface area contributed by atoms with Crippen molar-refractivity contribution in [2.75, 3.05) is 13.1 Å². The molecule has 3 heteroatoms. The van der Waals surface area contributed by atoms with Crippen molar-refractivity contribution in [3.05, 3.63) is 36.0 Å². The highest BCUT2D eigenvalue weighted by atomic mass is 16.3. The van der Waals surface area contributed by atoms with E-state index in [-0.39, 0.29) is 6.10 Å². The van der Waals surface area contributed by atoms with Crippen molar-refractivity contribution in [3.63, 3.8) is 0 Å². The lowest BCUT2D eigenvalue weighted by atomic mass is 9.88. The van der Waals surface area contributed by atoms with E-state index in [0.29, 0.717) is 5.92 Å². The number of aromatic nitrogens is 1. The van der Waals surface area contributed by atoms with Crippen LogP contribution < -0.4 is 5.32 Å². The van der Waals surface area contributed by atoms with E-state index in [0.717, 1.165) is 42.4 Å². The molecule has 1 aromatic carbocycles. The number of piperidine rings is 1. The van der Waals surface area contributed by atoms with E-state index in [2.05, 4.69) is 10.3 Å². The number of aromatic amines is 1. The standard InChI is InChI=1S/C14H18N2O/c17-14(10-3-2-7-15-9-10)12-4-1-5-13-11(12)6-8-16-13/h1,4-6,8,10,14-17H,2-3,7,9H2. The van der Waals surface area contributed by atoms with Gasteiger partial charge in [0.1, 0.15) is 0 Å². The summed E-state index contributed by atoms with van der Waals surface area (Å²) in [4.78, 5) is 3.19. The maximum atomic E-state index is 10.5. The van der Waals surface area contributed by atoms with E-state index >= 15 is 0 Å². The molecule has 3 rings (SSSR count). The van der Waals surface area contributed by atoms with Crippen molar-refractivity contribution in [3.8, 4) is 0 Å². The number of hydrogen-bond acceptors (Lipinski definition) is 2. The molecule has 1 aliphatic heterocycles. The molecular formula is C14H18N2O. The smallest absolute Gasteiger partial charge is 0.0836 e. The highest BCUT2D eigenvalue weighted by molar-refractivity contribution is 5.83. The molecule has 2 atom stereocenters. The lowest BCUT2D eigenvalue weighted by Crippen LogP contribution is -2.33. The summed E-state index contributed by atoms with van der Waals surface area (Å²) in [5.41, 5.74) is 2.16. The molecule has 0 aliphatic carbocycles. The summed E-state index contributed by atoms with van der Waals surface area (Å²) < 4.78 is 0. The Bertz CT molecular complexity index is 500. The van der Waals surface area contributed by atoms with Gasteiger partial charge in [0.05, 0.1) is 6.10 Å². The van der Waals surface area contributed by atoms with Gasteiger partial charge in [0.15, 0.2) is 0 Å². The third-order valence-electron chi connectivity index (χ3n) is 3.73. The molecule has 1 aromatic heterocycles. The molecule has 0 spiro atoms. The van der Waals surface area contributed by atoms with Gasteiger partial charge in [-0.25, -0.2) is 0 Å². The number of H-pyrrole nitrogens is 1. The first-order chi connectivity index (χ1) is 8.36. The molecule has 2 aromatic rings. The Kier molecular flexibility index (Phi) is 2.87. The summed E-state index contributed by atoms with van der Waals surface area (Å²) in [5.74, 6) is 0.337. The van der Waals surface area contributed by atoms with Crippen LogP contribution in [0.2, 0.25) is 0 Å². The topological polar surface area (TPSA) is 48.0 Å². The van der Waals surface area contributed by atoms with Crippen LogP contribution in [0.4, 0.5) is 0 Å². The summed E-state index contributed by atoms with van der Waals surface area (Å²) >= 11 is 0. The summed E-state index contributed by atoms with van der Waals surface area (Å²) in [6.45, 7) is 2.00. The molecule has 3 N–H and O–H groups in total. The first-order valence-electron chi connectivity index (χ1n) is 6.31. The maximum absolute atomic E-state index is 10.5. The van der Waals surface area contributed by atoms with E-state index in [4.69, 9.17) is 0 Å². The minimum atomic E-state index is -0.359. The van der Waals surface area contributed by atoms with Crippen LogP contribution in [0.3, 0.4) is 0 Å². The minimum absolute atomic E-state index is 0.337. The highest BCUT2D eigenvalue weighted by Crippen LogP contribution is 2.31. The van der Waals surface area contributed by atoms with Crippen LogP contribution in [0.1, 0.15) is 24.5 Å². The number of rotatable bonds is 2. The monoisotopic (exact) mass is 230 g/mol. The van der Waals surface area contributed by atoms with Crippen molar-refractivity contribution < 1.29 is 5.11 Å². The molecule has 2 unspecified atom stereocenters. The molecular weight excluding hydrogens is 212 g/mol. The number of aliphatic hydroxyl groups excluding tert-OH is 1. The van der Waals surface area contributed by atoms with Crippen LogP contribution in [0.15, 0.2) is 30.5 Å². The first-order valence-corrected chi connectivity index (χ1v) is 6.31. The summed E-state index contributed by atoms with van der Waals surface area (Å²) in [5, 5.41) is 15.0. The Morgan fingerprint density at radius 2 is 2.24 bits per heavy atom. The number of aliphatic hydroxyl groups is 1. The second-order valence-corrected chi connectivity index (χ2v) is 4.84. The second-order valence-electron chi connectivity index (χ2n) is 4.84. The predicted octanol–water partition coefficient (Wildman–Crippen LogP) is 2.20. The SMILES string of the molecule is OC(c1cccc2[nH]ccc12)C1CCCNC1. The van der Waals surface area contributed by atoms with Gasteiger partial charge >= 0.3 is 0 Å². The average molecular weight is 230 g/mol. The molecule has 17 heavy (non-hydrogen) atoms. The lowest BCUT2D eigenvalue weighted by Gasteiger charge is -2.28. The predicted molar refractivity (Wildman–Crippen MR) is 68.9 cm³/mol. The Morgan fingerprint density at radius 1 is 1.29 bits per heavy atom. The minimum Gasteiger partial charge on any atom is -0.388 e. The molecule has 0 bridgehead atoms. The zero-order valence-corrected chi connectivity index (χ0v) is 9.82. The number of hydrogen-bond donors (Lipinski definition) is 3. The van der Waals surface area contributed by atoms with E-state index < -0.39 is 0 Å². The Hall–Kier alpha value is -1.32. The van der Waals surface area contributed by atoms with Crippen LogP contribution in [0.5, 0.6) is 0 Å². The van der Waals surface area contributed by atoms with Gasteiger partial charge in [0.25, 0.3) is 0 Å². The third-order valence-corrected chi connectivity index (χ3v) is 3.73. The fourth-order valence-electron chi connectivity index (χ4n) is 2.77. The van der Waals surface area contributed by atoms with E-state index in [1.165, 1.54) is 0 Å². The van der Waals surface area contributed by atoms with Gasteiger partial charge in [-0.3, -0.25) is 0 Å². The summed E-state index contributed by atoms with van der Waals surface area (Å²) in [6.07, 6.45) is 3.84. The van der Waals surface area contributed by atoms with Gasteiger partial charge < -0.3 is 15.4 Å². The van der Waals surface area contributed by atoms with Crippen LogP contribution in [-0.2, 0) is 0 Å². The van der Waals surface area contributed by atoms with E-state index in [1.54, 1.807) is 0 Å². The van der Waals surface area contributed by atoms with Gasteiger partial charge in [0.2, 0.25) is 0 Å². The van der Waals surface area contributed by atoms with Gasteiger partial charge in [-0.15, -0.1) is 0 Å². The third kappa shape index (κ3) is 1.96. The molecule has 1 fully saturated rings. The molecule has 3 nitrogen and oxygen atoms in total. The maximum Gasteiger partial charge on any atom is 0.0836 e. The number of fused-ring (bicyclic) bond motifs is 1. The summed E-state index contributed by atoms with van der Waals surface area (Å²) in [6, 6.07) is 8.14. The van der Waals surface area contributed by atoms with Gasteiger partial charge in [-0.05, 0) is 37.1 Å². The molecule has 0 radical (unpaired) electrons. The van der Waals surface area contributed by atoms with Crippen LogP contribution in [0, 0.1) is 5.92 Å². The van der Waals surface area contributed by atoms with Gasteiger partial charge in [-0.1, -0.05) is 12.1 Å². The summed E-state index contributed by atoms with van der Waals surface area (Å²) in [7, 11) is 0. The van der Waals surface area contributed by atoms with Crippen molar-refractivity contribution in [2.24, 2.45) is 5.92 Å². The normalized spacial score (nSPS) is 22.8. The van der Waals surface area contributed by atoms with Gasteiger partial charge in [-0.2, -0.15) is 0 Å². The van der Waals surface area contributed by atoms with Crippen molar-refractivity contribution in [1.82, 2.24) is 10.3 Å². The Balaban J connectivity index is 1.94. The lowest BCUT2D eigenvalue weighted by molar-refractivity contribution is 0.0934. The second kappa shape index (κ2) is 4.51. The van der Waals surface area contributed by atoms with Crippen molar-refractivity contribution >= 4 is 10.9 Å². The van der Waals surface area contributed by atoms with Crippen molar-refractivity contribution in [2.45, 2.75) is 18.9 Å². The van der Waals surface area contributed by atoms with Crippen LogP contribution in [0.25, 0.3) is 10.9 Å². The van der Waals surface area contributed by atoms with Gasteiger partial charge in [0, 0.05) is 29.6 Å². The molecule has 0 amide bonds.